The van der Waals surface area contributed by atoms with E-state index in [-0.39, 0.29) is 0 Å². The summed E-state index contributed by atoms with van der Waals surface area (Å²) >= 11 is 7.54. The molecule has 1 aliphatic rings. The van der Waals surface area contributed by atoms with Gasteiger partial charge in [-0.3, -0.25) is 5.01 Å². The molecule has 0 radical (unpaired) electrons. The van der Waals surface area contributed by atoms with Crippen LogP contribution in [-0.4, -0.2) is 17.6 Å². The van der Waals surface area contributed by atoms with Crippen molar-refractivity contribution in [3.05, 3.63) is 34.7 Å². The fraction of sp³-hybridized carbons (Fsp3) is 0.353. The highest BCUT2D eigenvalue weighted by atomic mass is 35.5. The summed E-state index contributed by atoms with van der Waals surface area (Å²) in [6.07, 6.45) is 10.5. The summed E-state index contributed by atoms with van der Waals surface area (Å²) in [6, 6.07) is 8.24. The highest BCUT2D eigenvalue weighted by Gasteiger charge is 2.19. The largest absolute Gasteiger partial charge is 0.271 e. The number of rotatable bonds is 5. The van der Waals surface area contributed by atoms with Crippen molar-refractivity contribution in [2.75, 3.05) is 11.6 Å². The van der Waals surface area contributed by atoms with E-state index in [2.05, 4.69) is 16.7 Å². The zero-order chi connectivity index (χ0) is 15.4. The Bertz CT molecular complexity index is 653. The summed E-state index contributed by atoms with van der Waals surface area (Å²) in [7, 11) is 0. The lowest BCUT2D eigenvalue weighted by Gasteiger charge is -2.24. The van der Waals surface area contributed by atoms with E-state index in [0.29, 0.717) is 12.6 Å². The molecule has 2 aromatic rings. The smallest absolute Gasteiger partial charge is 0.201 e. The topological polar surface area (TPSA) is 28.2 Å². The van der Waals surface area contributed by atoms with Crippen molar-refractivity contribution in [1.29, 1.82) is 0 Å². The van der Waals surface area contributed by atoms with Crippen LogP contribution in [0, 0.1) is 12.3 Å². The van der Waals surface area contributed by atoms with Gasteiger partial charge in [-0.05, 0) is 25.0 Å². The number of halogens is 1. The van der Waals surface area contributed by atoms with Gasteiger partial charge in [0.15, 0.2) is 0 Å². The van der Waals surface area contributed by atoms with E-state index in [1.165, 1.54) is 25.7 Å². The molecule has 0 amide bonds. The van der Waals surface area contributed by atoms with E-state index in [4.69, 9.17) is 23.0 Å². The van der Waals surface area contributed by atoms with Crippen LogP contribution in [0.15, 0.2) is 29.6 Å². The third-order valence-electron chi connectivity index (χ3n) is 3.81. The van der Waals surface area contributed by atoms with Gasteiger partial charge < -0.3 is 0 Å². The summed E-state index contributed by atoms with van der Waals surface area (Å²) in [6.45, 7) is 0.518. The highest BCUT2D eigenvalue weighted by molar-refractivity contribution is 7.14. The minimum atomic E-state index is 0.510. The Kier molecular flexibility index (Phi) is 4.99. The summed E-state index contributed by atoms with van der Waals surface area (Å²) in [5.74, 6) is 2.71. The number of nitrogens with one attached hydrogen (secondary N) is 1. The van der Waals surface area contributed by atoms with Crippen molar-refractivity contribution in [2.45, 2.75) is 31.7 Å². The standard InChI is InChI=1S/C17H18ClN3S/c1-2-11-21(20-15-5-3-4-6-15)17-19-16(12-22-17)13-7-9-14(18)10-8-13/h1,7-10,12,15,20H,3-6,11H2. The summed E-state index contributed by atoms with van der Waals surface area (Å²) < 4.78 is 0. The molecule has 1 aliphatic carbocycles. The van der Waals surface area contributed by atoms with Crippen LogP contribution in [0.3, 0.4) is 0 Å². The Morgan fingerprint density at radius 1 is 1.32 bits per heavy atom. The molecule has 0 atom stereocenters. The maximum absolute atomic E-state index is 5.93. The number of thiazole rings is 1. The highest BCUT2D eigenvalue weighted by Crippen LogP contribution is 2.28. The van der Waals surface area contributed by atoms with Gasteiger partial charge in [-0.15, -0.1) is 17.8 Å². The van der Waals surface area contributed by atoms with Crippen LogP contribution < -0.4 is 10.4 Å². The number of benzene rings is 1. The molecule has 0 aliphatic heterocycles. The van der Waals surface area contributed by atoms with Crippen LogP contribution in [0.25, 0.3) is 11.3 Å². The lowest BCUT2D eigenvalue weighted by atomic mass is 10.2. The number of hydrogen-bond acceptors (Lipinski definition) is 4. The van der Waals surface area contributed by atoms with Crippen LogP contribution in [0.5, 0.6) is 0 Å². The Morgan fingerprint density at radius 2 is 2.05 bits per heavy atom. The first-order valence-electron chi connectivity index (χ1n) is 7.45. The van der Waals surface area contributed by atoms with Crippen LogP contribution in [-0.2, 0) is 0 Å². The minimum Gasteiger partial charge on any atom is -0.271 e. The maximum atomic E-state index is 5.93. The Hall–Kier alpha value is -1.54. The Morgan fingerprint density at radius 3 is 2.73 bits per heavy atom. The van der Waals surface area contributed by atoms with Crippen molar-refractivity contribution >= 4 is 28.1 Å². The zero-order valence-corrected chi connectivity index (χ0v) is 13.8. The zero-order valence-electron chi connectivity index (χ0n) is 12.3. The van der Waals surface area contributed by atoms with Gasteiger partial charge in [0.1, 0.15) is 0 Å². The number of hydrazine groups is 1. The Balaban J connectivity index is 1.77. The quantitative estimate of drug-likeness (QED) is 0.652. The normalized spacial score (nSPS) is 14.9. The van der Waals surface area contributed by atoms with E-state index in [1.54, 1.807) is 11.3 Å². The van der Waals surface area contributed by atoms with E-state index >= 15 is 0 Å². The number of nitrogens with zero attached hydrogens (tertiary/aromatic N) is 2. The van der Waals surface area contributed by atoms with Crippen LogP contribution in [0.1, 0.15) is 25.7 Å². The summed E-state index contributed by atoms with van der Waals surface area (Å²) in [5, 5.41) is 5.70. The first-order chi connectivity index (χ1) is 10.8. The first kappa shape index (κ1) is 15.4. The summed E-state index contributed by atoms with van der Waals surface area (Å²) in [4.78, 5) is 4.71. The maximum Gasteiger partial charge on any atom is 0.201 e. The van der Waals surface area contributed by atoms with Crippen molar-refractivity contribution in [1.82, 2.24) is 10.4 Å². The molecule has 3 nitrogen and oxygen atoms in total. The van der Waals surface area contributed by atoms with E-state index in [9.17, 15) is 0 Å². The fourth-order valence-corrected chi connectivity index (χ4v) is 3.60. The lowest BCUT2D eigenvalue weighted by Crippen LogP contribution is -2.44. The fourth-order valence-electron chi connectivity index (χ4n) is 2.68. The van der Waals surface area contributed by atoms with E-state index in [0.717, 1.165) is 21.4 Å². The molecule has 1 heterocycles. The van der Waals surface area contributed by atoms with Gasteiger partial charge >= 0.3 is 0 Å². The molecule has 0 bridgehead atoms. The second kappa shape index (κ2) is 7.15. The SMILES string of the molecule is C#CCN(NC1CCCC1)c1nc(-c2ccc(Cl)cc2)cs1. The monoisotopic (exact) mass is 331 g/mol. The third kappa shape index (κ3) is 3.61. The summed E-state index contributed by atoms with van der Waals surface area (Å²) in [5.41, 5.74) is 5.54. The lowest BCUT2D eigenvalue weighted by molar-refractivity contribution is 0.509. The van der Waals surface area contributed by atoms with Gasteiger partial charge in [-0.1, -0.05) is 42.5 Å². The molecule has 0 spiro atoms. The molecular weight excluding hydrogens is 314 g/mol. The molecule has 1 aromatic carbocycles. The third-order valence-corrected chi connectivity index (χ3v) is 4.92. The van der Waals surface area contributed by atoms with Crippen molar-refractivity contribution in [2.24, 2.45) is 0 Å². The van der Waals surface area contributed by atoms with Crippen molar-refractivity contribution in [3.8, 4) is 23.6 Å². The molecule has 1 aromatic heterocycles. The van der Waals surface area contributed by atoms with Crippen LogP contribution in [0.4, 0.5) is 5.13 Å². The molecule has 5 heteroatoms. The number of anilines is 1. The van der Waals surface area contributed by atoms with Gasteiger partial charge in [-0.2, -0.15) is 0 Å². The van der Waals surface area contributed by atoms with Gasteiger partial charge in [0.25, 0.3) is 0 Å². The van der Waals surface area contributed by atoms with Gasteiger partial charge in [0, 0.05) is 22.0 Å². The molecule has 0 unspecified atom stereocenters. The minimum absolute atomic E-state index is 0.510. The predicted molar refractivity (Wildman–Crippen MR) is 94.1 cm³/mol. The second-order valence-electron chi connectivity index (χ2n) is 5.42. The first-order valence-corrected chi connectivity index (χ1v) is 8.70. The van der Waals surface area contributed by atoms with E-state index in [1.807, 2.05) is 29.3 Å². The molecule has 114 valence electrons. The van der Waals surface area contributed by atoms with Gasteiger partial charge in [-0.25, -0.2) is 10.4 Å². The Labute approximate surface area is 140 Å². The molecule has 1 N–H and O–H groups in total. The van der Waals surface area contributed by atoms with Gasteiger partial charge in [0.05, 0.1) is 12.2 Å². The molecule has 3 rings (SSSR count). The number of hydrogen-bond donors (Lipinski definition) is 1. The number of aromatic nitrogens is 1. The average Bonchev–Trinajstić information content (AvgIpc) is 3.19. The molecule has 1 saturated carbocycles. The second-order valence-corrected chi connectivity index (χ2v) is 6.70. The van der Waals surface area contributed by atoms with Crippen LogP contribution in [0.2, 0.25) is 5.02 Å². The van der Waals surface area contributed by atoms with E-state index < -0.39 is 0 Å². The molecular formula is C17H18ClN3S. The molecule has 22 heavy (non-hydrogen) atoms. The molecule has 1 fully saturated rings. The molecule has 0 saturated heterocycles. The van der Waals surface area contributed by atoms with Gasteiger partial charge in [0.2, 0.25) is 5.13 Å². The van der Waals surface area contributed by atoms with Crippen molar-refractivity contribution < 1.29 is 0 Å². The average molecular weight is 332 g/mol. The number of terminal acetylenes is 1. The predicted octanol–water partition coefficient (Wildman–Crippen LogP) is 4.35. The van der Waals surface area contributed by atoms with Crippen LogP contribution >= 0.6 is 22.9 Å². The van der Waals surface area contributed by atoms with Crippen molar-refractivity contribution in [3.63, 3.8) is 0 Å².